The van der Waals surface area contributed by atoms with Crippen LogP contribution >= 0.6 is 0 Å². The summed E-state index contributed by atoms with van der Waals surface area (Å²) in [6.45, 7) is 10.2. The van der Waals surface area contributed by atoms with Crippen molar-refractivity contribution in [2.75, 3.05) is 10.6 Å². The van der Waals surface area contributed by atoms with E-state index in [2.05, 4.69) is 29.6 Å². The van der Waals surface area contributed by atoms with Crippen molar-refractivity contribution in [2.24, 2.45) is 5.92 Å². The first-order valence-electron chi connectivity index (χ1n) is 8.57. The highest BCUT2D eigenvalue weighted by Gasteiger charge is 2.17. The SMILES string of the molecule is CC(C)Cn1nccc1NC(=O)c1cccc(NC(=O)OC(C)(C)C)c1. The van der Waals surface area contributed by atoms with E-state index in [0.29, 0.717) is 29.5 Å². The van der Waals surface area contributed by atoms with Crippen molar-refractivity contribution in [1.82, 2.24) is 9.78 Å². The van der Waals surface area contributed by atoms with Gasteiger partial charge in [0.1, 0.15) is 11.4 Å². The predicted octanol–water partition coefficient (Wildman–Crippen LogP) is 4.14. The molecular formula is C19H26N4O3. The lowest BCUT2D eigenvalue weighted by Crippen LogP contribution is -2.27. The first-order valence-corrected chi connectivity index (χ1v) is 8.57. The smallest absolute Gasteiger partial charge is 0.412 e. The molecule has 0 unspecified atom stereocenters. The van der Waals surface area contributed by atoms with Crippen LogP contribution in [0.3, 0.4) is 0 Å². The number of hydrogen-bond donors (Lipinski definition) is 2. The van der Waals surface area contributed by atoms with Crippen LogP contribution in [0.2, 0.25) is 0 Å². The fraction of sp³-hybridized carbons (Fsp3) is 0.421. The van der Waals surface area contributed by atoms with E-state index >= 15 is 0 Å². The first kappa shape index (κ1) is 19.5. The van der Waals surface area contributed by atoms with Crippen LogP contribution in [0.1, 0.15) is 45.0 Å². The summed E-state index contributed by atoms with van der Waals surface area (Å²) < 4.78 is 6.97. The number of nitrogens with one attached hydrogen (secondary N) is 2. The molecule has 7 nitrogen and oxygen atoms in total. The van der Waals surface area contributed by atoms with Gasteiger partial charge in [0, 0.05) is 23.9 Å². The highest BCUT2D eigenvalue weighted by molar-refractivity contribution is 6.04. The van der Waals surface area contributed by atoms with E-state index in [1.807, 2.05) is 0 Å². The second kappa shape index (κ2) is 8.03. The minimum absolute atomic E-state index is 0.275. The molecule has 0 radical (unpaired) electrons. The Morgan fingerprint density at radius 2 is 1.92 bits per heavy atom. The van der Waals surface area contributed by atoms with Gasteiger partial charge < -0.3 is 10.1 Å². The van der Waals surface area contributed by atoms with Gasteiger partial charge in [-0.05, 0) is 44.9 Å². The third-order valence-electron chi connectivity index (χ3n) is 3.27. The molecule has 2 aromatic rings. The van der Waals surface area contributed by atoms with Crippen molar-refractivity contribution in [2.45, 2.75) is 46.8 Å². The molecular weight excluding hydrogens is 332 g/mol. The van der Waals surface area contributed by atoms with Gasteiger partial charge in [-0.2, -0.15) is 5.10 Å². The van der Waals surface area contributed by atoms with Gasteiger partial charge in [0.25, 0.3) is 5.91 Å². The van der Waals surface area contributed by atoms with Crippen LogP contribution in [0.15, 0.2) is 36.5 Å². The Balaban J connectivity index is 2.06. The summed E-state index contributed by atoms with van der Waals surface area (Å²) in [6, 6.07) is 8.43. The number of carbonyl (C=O) groups excluding carboxylic acids is 2. The van der Waals surface area contributed by atoms with Gasteiger partial charge in [0.2, 0.25) is 0 Å². The number of anilines is 2. The Kier molecular flexibility index (Phi) is 6.02. The molecule has 1 aromatic carbocycles. The van der Waals surface area contributed by atoms with Gasteiger partial charge in [0.05, 0.1) is 6.20 Å². The Morgan fingerprint density at radius 3 is 2.58 bits per heavy atom. The van der Waals surface area contributed by atoms with Crippen LogP contribution in [0.25, 0.3) is 0 Å². The average Bonchev–Trinajstić information content (AvgIpc) is 2.91. The van der Waals surface area contributed by atoms with E-state index in [9.17, 15) is 9.59 Å². The molecule has 2 N–H and O–H groups in total. The Labute approximate surface area is 153 Å². The van der Waals surface area contributed by atoms with Crippen molar-refractivity contribution in [3.05, 3.63) is 42.1 Å². The van der Waals surface area contributed by atoms with Crippen molar-refractivity contribution in [3.63, 3.8) is 0 Å². The monoisotopic (exact) mass is 358 g/mol. The summed E-state index contributed by atoms with van der Waals surface area (Å²) >= 11 is 0. The maximum absolute atomic E-state index is 12.5. The first-order chi connectivity index (χ1) is 12.1. The van der Waals surface area contributed by atoms with Crippen molar-refractivity contribution in [3.8, 4) is 0 Å². The molecule has 0 atom stereocenters. The predicted molar refractivity (Wildman–Crippen MR) is 101 cm³/mol. The minimum Gasteiger partial charge on any atom is -0.444 e. The van der Waals surface area contributed by atoms with Crippen LogP contribution in [0, 0.1) is 5.92 Å². The molecule has 0 saturated heterocycles. The van der Waals surface area contributed by atoms with Crippen molar-refractivity contribution in [1.29, 1.82) is 0 Å². The molecule has 0 aliphatic heterocycles. The Morgan fingerprint density at radius 1 is 1.19 bits per heavy atom. The normalized spacial score (nSPS) is 11.3. The second-order valence-corrected chi connectivity index (χ2v) is 7.45. The van der Waals surface area contributed by atoms with E-state index in [0.717, 1.165) is 0 Å². The molecule has 0 aliphatic rings. The molecule has 140 valence electrons. The number of amides is 2. The molecule has 1 aromatic heterocycles. The zero-order chi connectivity index (χ0) is 19.3. The lowest BCUT2D eigenvalue weighted by atomic mass is 10.2. The Hall–Kier alpha value is -2.83. The van der Waals surface area contributed by atoms with Crippen LogP contribution in [-0.2, 0) is 11.3 Å². The standard InChI is InChI=1S/C19H26N4O3/c1-13(2)12-23-16(9-10-20-23)22-17(24)14-7-6-8-15(11-14)21-18(25)26-19(3,4)5/h6-11,13H,12H2,1-5H3,(H,21,25)(H,22,24). The molecule has 2 amide bonds. The van der Waals surface area contributed by atoms with Gasteiger partial charge >= 0.3 is 6.09 Å². The maximum atomic E-state index is 12.5. The number of carbonyl (C=O) groups is 2. The quantitative estimate of drug-likeness (QED) is 0.841. The van der Waals surface area contributed by atoms with Crippen LogP contribution < -0.4 is 10.6 Å². The van der Waals surface area contributed by atoms with Crippen molar-refractivity contribution >= 4 is 23.5 Å². The van der Waals surface area contributed by atoms with Crippen LogP contribution in [0.4, 0.5) is 16.3 Å². The largest absolute Gasteiger partial charge is 0.444 e. The summed E-state index contributed by atoms with van der Waals surface area (Å²) in [5, 5.41) is 9.70. The van der Waals surface area contributed by atoms with E-state index in [4.69, 9.17) is 4.74 Å². The second-order valence-electron chi connectivity index (χ2n) is 7.45. The number of aromatic nitrogens is 2. The third-order valence-corrected chi connectivity index (χ3v) is 3.27. The molecule has 0 aliphatic carbocycles. The zero-order valence-corrected chi connectivity index (χ0v) is 15.9. The molecule has 0 spiro atoms. The fourth-order valence-corrected chi connectivity index (χ4v) is 2.28. The summed E-state index contributed by atoms with van der Waals surface area (Å²) in [7, 11) is 0. The molecule has 0 fully saturated rings. The average molecular weight is 358 g/mol. The number of ether oxygens (including phenoxy) is 1. The topological polar surface area (TPSA) is 85.3 Å². The minimum atomic E-state index is -0.589. The molecule has 26 heavy (non-hydrogen) atoms. The van der Waals surface area contributed by atoms with Crippen LogP contribution in [0.5, 0.6) is 0 Å². The lowest BCUT2D eigenvalue weighted by Gasteiger charge is -2.19. The van der Waals surface area contributed by atoms with Gasteiger partial charge in [-0.25, -0.2) is 9.48 Å². The number of rotatable bonds is 5. The van der Waals surface area contributed by atoms with Gasteiger partial charge in [-0.15, -0.1) is 0 Å². The van der Waals surface area contributed by atoms with Gasteiger partial charge in [-0.3, -0.25) is 10.1 Å². The van der Waals surface area contributed by atoms with E-state index < -0.39 is 11.7 Å². The summed E-state index contributed by atoms with van der Waals surface area (Å²) in [6.07, 6.45) is 1.09. The highest BCUT2D eigenvalue weighted by Crippen LogP contribution is 2.16. The van der Waals surface area contributed by atoms with Gasteiger partial charge in [-0.1, -0.05) is 19.9 Å². The number of hydrogen-bond acceptors (Lipinski definition) is 4. The van der Waals surface area contributed by atoms with Crippen molar-refractivity contribution < 1.29 is 14.3 Å². The summed E-state index contributed by atoms with van der Waals surface area (Å²) in [4.78, 5) is 24.4. The summed E-state index contributed by atoms with van der Waals surface area (Å²) in [5.41, 5.74) is 0.326. The lowest BCUT2D eigenvalue weighted by molar-refractivity contribution is 0.0635. The zero-order valence-electron chi connectivity index (χ0n) is 15.9. The Bertz CT molecular complexity index is 775. The molecule has 1 heterocycles. The van der Waals surface area contributed by atoms with Gasteiger partial charge in [0.15, 0.2) is 0 Å². The third kappa shape index (κ3) is 5.91. The molecule has 0 saturated carbocycles. The van der Waals surface area contributed by atoms with E-state index in [-0.39, 0.29) is 5.91 Å². The molecule has 2 rings (SSSR count). The fourth-order valence-electron chi connectivity index (χ4n) is 2.28. The maximum Gasteiger partial charge on any atom is 0.412 e. The number of benzene rings is 1. The summed E-state index contributed by atoms with van der Waals surface area (Å²) in [5.74, 6) is 0.768. The van der Waals surface area contributed by atoms with E-state index in [1.165, 1.54) is 0 Å². The molecule has 7 heteroatoms. The molecule has 0 bridgehead atoms. The highest BCUT2D eigenvalue weighted by atomic mass is 16.6. The number of nitrogens with zero attached hydrogens (tertiary/aromatic N) is 2. The van der Waals surface area contributed by atoms with Crippen LogP contribution in [-0.4, -0.2) is 27.4 Å². The van der Waals surface area contributed by atoms with E-state index in [1.54, 1.807) is 62.0 Å².